The van der Waals surface area contributed by atoms with Gasteiger partial charge in [0.2, 0.25) is 0 Å². The lowest BCUT2D eigenvalue weighted by Gasteiger charge is -2.16. The van der Waals surface area contributed by atoms with Gasteiger partial charge < -0.3 is 5.73 Å². The Morgan fingerprint density at radius 1 is 1.06 bits per heavy atom. The van der Waals surface area contributed by atoms with Crippen LogP contribution in [0.3, 0.4) is 0 Å². The van der Waals surface area contributed by atoms with Crippen molar-refractivity contribution in [3.63, 3.8) is 0 Å². The molecule has 0 radical (unpaired) electrons. The highest BCUT2D eigenvalue weighted by Crippen LogP contribution is 2.30. The maximum absolute atomic E-state index is 13.8. The van der Waals surface area contributed by atoms with Crippen molar-refractivity contribution in [1.29, 1.82) is 0 Å². The third kappa shape index (κ3) is 2.82. The van der Waals surface area contributed by atoms with E-state index in [1.807, 2.05) is 25.1 Å². The van der Waals surface area contributed by atoms with Crippen LogP contribution in [0, 0.1) is 12.7 Å². The first-order valence-electron chi connectivity index (χ1n) is 5.45. The van der Waals surface area contributed by atoms with E-state index >= 15 is 0 Å². The Bertz CT molecular complexity index is 533. The molecule has 1 nitrogen and oxygen atoms in total. The normalized spacial score (nSPS) is 12.5. The van der Waals surface area contributed by atoms with E-state index in [0.29, 0.717) is 5.56 Å². The number of benzene rings is 2. The van der Waals surface area contributed by atoms with Crippen LogP contribution in [0.25, 0.3) is 0 Å². The molecule has 0 bridgehead atoms. The average Bonchev–Trinajstić information content (AvgIpc) is 2.34. The Morgan fingerprint density at radius 3 is 2.50 bits per heavy atom. The largest absolute Gasteiger partial charge is 0.320 e. The highest BCUT2D eigenvalue weighted by atomic mass is 79.9. The fraction of sp³-hybridized carbons (Fsp3) is 0.143. The smallest absolute Gasteiger partial charge is 0.128 e. The summed E-state index contributed by atoms with van der Waals surface area (Å²) in [6.45, 7) is 1.92. The van der Waals surface area contributed by atoms with E-state index < -0.39 is 6.04 Å². The molecule has 1 atom stereocenters. The zero-order chi connectivity index (χ0) is 13.3. The van der Waals surface area contributed by atoms with Crippen molar-refractivity contribution in [3.8, 4) is 0 Å². The van der Waals surface area contributed by atoms with Crippen LogP contribution in [0.4, 0.5) is 4.39 Å². The molecule has 0 spiro atoms. The van der Waals surface area contributed by atoms with Crippen molar-refractivity contribution >= 4 is 31.9 Å². The first kappa shape index (κ1) is 13.7. The molecule has 0 saturated heterocycles. The molecule has 0 aliphatic carbocycles. The Balaban J connectivity index is 2.50. The molecule has 1 unspecified atom stereocenters. The van der Waals surface area contributed by atoms with Gasteiger partial charge in [0.05, 0.1) is 6.04 Å². The molecule has 2 rings (SSSR count). The molecule has 2 aromatic carbocycles. The first-order chi connectivity index (χ1) is 8.49. The standard InChI is InChI=1S/C14H12Br2FN/c1-8-2-5-13(17)11(6-8)14(18)10-7-9(15)3-4-12(10)16/h2-7,14H,18H2,1H3. The lowest BCUT2D eigenvalue weighted by molar-refractivity contribution is 0.598. The zero-order valence-electron chi connectivity index (χ0n) is 9.75. The SMILES string of the molecule is Cc1ccc(F)c(C(N)c2cc(Br)ccc2Br)c1. The van der Waals surface area contributed by atoms with Gasteiger partial charge in [0.15, 0.2) is 0 Å². The summed E-state index contributed by atoms with van der Waals surface area (Å²) in [6.07, 6.45) is 0. The summed E-state index contributed by atoms with van der Waals surface area (Å²) in [6, 6.07) is 10.2. The molecule has 94 valence electrons. The van der Waals surface area contributed by atoms with Crippen molar-refractivity contribution in [1.82, 2.24) is 0 Å². The van der Waals surface area contributed by atoms with E-state index in [-0.39, 0.29) is 5.82 Å². The Morgan fingerprint density at radius 2 is 1.78 bits per heavy atom. The van der Waals surface area contributed by atoms with E-state index in [1.54, 1.807) is 12.1 Å². The molecule has 0 aliphatic rings. The molecule has 2 aromatic rings. The summed E-state index contributed by atoms with van der Waals surface area (Å²) in [7, 11) is 0. The van der Waals surface area contributed by atoms with E-state index in [1.165, 1.54) is 6.07 Å². The van der Waals surface area contributed by atoms with Crippen LogP contribution in [0.1, 0.15) is 22.7 Å². The van der Waals surface area contributed by atoms with Gasteiger partial charge in [-0.05, 0) is 36.8 Å². The van der Waals surface area contributed by atoms with Crippen LogP contribution in [0.2, 0.25) is 0 Å². The van der Waals surface area contributed by atoms with Gasteiger partial charge in [-0.2, -0.15) is 0 Å². The lowest BCUT2D eigenvalue weighted by atomic mass is 9.98. The number of hydrogen-bond acceptors (Lipinski definition) is 1. The van der Waals surface area contributed by atoms with Crippen molar-refractivity contribution in [3.05, 3.63) is 67.9 Å². The number of nitrogens with two attached hydrogens (primary N) is 1. The van der Waals surface area contributed by atoms with Gasteiger partial charge in [0.1, 0.15) is 5.82 Å². The third-order valence-electron chi connectivity index (χ3n) is 2.78. The Kier molecular flexibility index (Phi) is 4.20. The van der Waals surface area contributed by atoms with Crippen LogP contribution in [0.5, 0.6) is 0 Å². The van der Waals surface area contributed by atoms with Gasteiger partial charge in [-0.1, -0.05) is 49.6 Å². The fourth-order valence-electron chi connectivity index (χ4n) is 1.82. The van der Waals surface area contributed by atoms with Crippen molar-refractivity contribution in [2.24, 2.45) is 5.73 Å². The predicted molar refractivity (Wildman–Crippen MR) is 79.0 cm³/mol. The molecule has 0 aliphatic heterocycles. The predicted octanol–water partition coefficient (Wildman–Crippen LogP) is 4.71. The Hall–Kier alpha value is -0.710. The topological polar surface area (TPSA) is 26.0 Å². The van der Waals surface area contributed by atoms with E-state index in [2.05, 4.69) is 31.9 Å². The Labute approximate surface area is 122 Å². The van der Waals surface area contributed by atoms with Gasteiger partial charge in [-0.15, -0.1) is 0 Å². The summed E-state index contributed by atoms with van der Waals surface area (Å²) < 4.78 is 15.6. The number of halogens is 3. The van der Waals surface area contributed by atoms with E-state index in [4.69, 9.17) is 5.73 Å². The van der Waals surface area contributed by atoms with Crippen molar-refractivity contribution < 1.29 is 4.39 Å². The minimum Gasteiger partial charge on any atom is -0.320 e. The third-order valence-corrected chi connectivity index (χ3v) is 4.00. The average molecular weight is 373 g/mol. The van der Waals surface area contributed by atoms with Crippen LogP contribution in [-0.2, 0) is 0 Å². The number of rotatable bonds is 2. The molecular weight excluding hydrogens is 361 g/mol. The summed E-state index contributed by atoms with van der Waals surface area (Å²) >= 11 is 6.85. The molecular formula is C14H12Br2FN. The molecule has 0 heterocycles. The maximum atomic E-state index is 13.8. The van der Waals surface area contributed by atoms with E-state index in [9.17, 15) is 4.39 Å². The van der Waals surface area contributed by atoms with Gasteiger partial charge in [0, 0.05) is 14.5 Å². The highest BCUT2D eigenvalue weighted by molar-refractivity contribution is 9.11. The monoisotopic (exact) mass is 371 g/mol. The second-order valence-electron chi connectivity index (χ2n) is 4.17. The summed E-state index contributed by atoms with van der Waals surface area (Å²) in [5.74, 6) is -0.278. The minimum absolute atomic E-state index is 0.278. The molecule has 0 aromatic heterocycles. The second-order valence-corrected chi connectivity index (χ2v) is 5.94. The lowest BCUT2D eigenvalue weighted by Crippen LogP contribution is -2.14. The number of aryl methyl sites for hydroxylation is 1. The fourth-order valence-corrected chi connectivity index (χ4v) is 2.69. The first-order valence-corrected chi connectivity index (χ1v) is 7.04. The van der Waals surface area contributed by atoms with Crippen LogP contribution in [-0.4, -0.2) is 0 Å². The van der Waals surface area contributed by atoms with Crippen LogP contribution >= 0.6 is 31.9 Å². The van der Waals surface area contributed by atoms with Crippen molar-refractivity contribution in [2.75, 3.05) is 0 Å². The van der Waals surface area contributed by atoms with Gasteiger partial charge >= 0.3 is 0 Å². The van der Waals surface area contributed by atoms with Gasteiger partial charge in [-0.25, -0.2) is 4.39 Å². The summed E-state index contributed by atoms with van der Waals surface area (Å²) in [5.41, 5.74) is 8.52. The molecule has 4 heteroatoms. The van der Waals surface area contributed by atoms with Crippen molar-refractivity contribution in [2.45, 2.75) is 13.0 Å². The molecule has 0 saturated carbocycles. The maximum Gasteiger partial charge on any atom is 0.128 e. The summed E-state index contributed by atoms with van der Waals surface area (Å²) in [5, 5.41) is 0. The van der Waals surface area contributed by atoms with Gasteiger partial charge in [-0.3, -0.25) is 0 Å². The molecule has 0 fully saturated rings. The second kappa shape index (κ2) is 5.51. The van der Waals surface area contributed by atoms with Gasteiger partial charge in [0.25, 0.3) is 0 Å². The van der Waals surface area contributed by atoms with Crippen LogP contribution in [0.15, 0.2) is 45.3 Å². The molecule has 2 N–H and O–H groups in total. The molecule has 18 heavy (non-hydrogen) atoms. The van der Waals surface area contributed by atoms with E-state index in [0.717, 1.165) is 20.1 Å². The quantitative estimate of drug-likeness (QED) is 0.811. The number of hydrogen-bond donors (Lipinski definition) is 1. The zero-order valence-corrected chi connectivity index (χ0v) is 12.9. The highest BCUT2D eigenvalue weighted by Gasteiger charge is 2.16. The minimum atomic E-state index is -0.489. The molecule has 0 amide bonds. The summed E-state index contributed by atoms with van der Waals surface area (Å²) in [4.78, 5) is 0. The van der Waals surface area contributed by atoms with Crippen LogP contribution < -0.4 is 5.73 Å².